The minimum absolute atomic E-state index is 0.0492. The lowest BCUT2D eigenvalue weighted by Crippen LogP contribution is -2.16. The summed E-state index contributed by atoms with van der Waals surface area (Å²) in [5.41, 5.74) is 3.71. The van der Waals surface area contributed by atoms with Crippen LogP contribution in [0.5, 0.6) is 0 Å². The molecular formula is C19H23ClN4. The Balaban J connectivity index is 2.25. The van der Waals surface area contributed by atoms with Gasteiger partial charge in [-0.05, 0) is 12.5 Å². The maximum Gasteiger partial charge on any atom is 0.165 e. The summed E-state index contributed by atoms with van der Waals surface area (Å²) in [6, 6.07) is 9.90. The minimum atomic E-state index is -0.0492. The second-order valence-corrected chi connectivity index (χ2v) is 7.38. The van der Waals surface area contributed by atoms with Crippen molar-refractivity contribution in [3.8, 4) is 11.1 Å². The standard InChI is InChI=1S/C19H23ClN4/c1-5-10-21-17-11-16(19(2,3)4)23-18-14(12-22-24(17)18)13-8-6-7-9-15(13)20/h6-9,11-12,21H,5,10H2,1-4H3. The van der Waals surface area contributed by atoms with E-state index in [1.165, 1.54) is 0 Å². The maximum atomic E-state index is 6.39. The van der Waals surface area contributed by atoms with E-state index in [9.17, 15) is 0 Å². The van der Waals surface area contributed by atoms with Gasteiger partial charge in [0, 0.05) is 34.2 Å². The van der Waals surface area contributed by atoms with Gasteiger partial charge >= 0.3 is 0 Å². The van der Waals surface area contributed by atoms with Gasteiger partial charge in [0.2, 0.25) is 0 Å². The summed E-state index contributed by atoms with van der Waals surface area (Å²) in [4.78, 5) is 4.89. The number of hydrogen-bond acceptors (Lipinski definition) is 3. The number of hydrogen-bond donors (Lipinski definition) is 1. The number of halogens is 1. The van der Waals surface area contributed by atoms with Gasteiger partial charge in [0.1, 0.15) is 5.82 Å². The molecule has 126 valence electrons. The Morgan fingerprint density at radius 3 is 2.58 bits per heavy atom. The topological polar surface area (TPSA) is 42.2 Å². The molecule has 1 aromatic carbocycles. The number of rotatable bonds is 4. The fraction of sp³-hybridized carbons (Fsp3) is 0.368. The largest absolute Gasteiger partial charge is 0.370 e. The van der Waals surface area contributed by atoms with Crippen molar-refractivity contribution in [1.82, 2.24) is 14.6 Å². The molecule has 0 bridgehead atoms. The highest BCUT2D eigenvalue weighted by molar-refractivity contribution is 6.33. The molecule has 0 aliphatic carbocycles. The van der Waals surface area contributed by atoms with Crippen LogP contribution in [0.1, 0.15) is 39.8 Å². The predicted molar refractivity (Wildman–Crippen MR) is 101 cm³/mol. The van der Waals surface area contributed by atoms with Crippen molar-refractivity contribution in [2.75, 3.05) is 11.9 Å². The summed E-state index contributed by atoms with van der Waals surface area (Å²) >= 11 is 6.39. The molecule has 0 aliphatic heterocycles. The molecule has 0 radical (unpaired) electrons. The molecule has 0 spiro atoms. The van der Waals surface area contributed by atoms with Crippen LogP contribution in [0.3, 0.4) is 0 Å². The molecule has 2 aromatic heterocycles. The summed E-state index contributed by atoms with van der Waals surface area (Å²) in [6.07, 6.45) is 2.89. The molecule has 5 heteroatoms. The van der Waals surface area contributed by atoms with Gasteiger partial charge in [-0.15, -0.1) is 0 Å². The van der Waals surface area contributed by atoms with Crippen LogP contribution < -0.4 is 5.32 Å². The van der Waals surface area contributed by atoms with Crippen LogP contribution in [-0.4, -0.2) is 21.1 Å². The second kappa shape index (κ2) is 6.44. The first-order valence-electron chi connectivity index (χ1n) is 8.30. The third kappa shape index (κ3) is 3.11. The normalized spacial score (nSPS) is 11.9. The van der Waals surface area contributed by atoms with Gasteiger partial charge in [0.25, 0.3) is 0 Å². The summed E-state index contributed by atoms with van der Waals surface area (Å²) in [6.45, 7) is 9.54. The lowest BCUT2D eigenvalue weighted by Gasteiger charge is -2.20. The van der Waals surface area contributed by atoms with Crippen LogP contribution in [-0.2, 0) is 5.41 Å². The quantitative estimate of drug-likeness (QED) is 0.711. The van der Waals surface area contributed by atoms with Crippen molar-refractivity contribution in [2.45, 2.75) is 39.5 Å². The van der Waals surface area contributed by atoms with Crippen molar-refractivity contribution in [3.05, 3.63) is 47.2 Å². The molecule has 0 saturated heterocycles. The molecule has 24 heavy (non-hydrogen) atoms. The summed E-state index contributed by atoms with van der Waals surface area (Å²) < 4.78 is 1.86. The highest BCUT2D eigenvalue weighted by Gasteiger charge is 2.21. The van der Waals surface area contributed by atoms with Crippen LogP contribution in [0.2, 0.25) is 5.02 Å². The molecule has 0 fully saturated rings. The van der Waals surface area contributed by atoms with Crippen LogP contribution in [0.15, 0.2) is 36.5 Å². The molecule has 1 N–H and O–H groups in total. The zero-order valence-electron chi connectivity index (χ0n) is 14.6. The summed E-state index contributed by atoms with van der Waals surface area (Å²) in [7, 11) is 0. The van der Waals surface area contributed by atoms with E-state index in [1.54, 1.807) is 0 Å². The van der Waals surface area contributed by atoms with Gasteiger partial charge in [-0.3, -0.25) is 0 Å². The average molecular weight is 343 g/mol. The van der Waals surface area contributed by atoms with E-state index >= 15 is 0 Å². The SMILES string of the molecule is CCCNc1cc(C(C)(C)C)nc2c(-c3ccccc3Cl)cnn12. The van der Waals surface area contributed by atoms with Gasteiger partial charge in [0.05, 0.1) is 11.9 Å². The van der Waals surface area contributed by atoms with Crippen LogP contribution in [0.25, 0.3) is 16.8 Å². The first kappa shape index (κ1) is 16.8. The van der Waals surface area contributed by atoms with Crippen molar-refractivity contribution in [2.24, 2.45) is 0 Å². The number of fused-ring (bicyclic) bond motifs is 1. The minimum Gasteiger partial charge on any atom is -0.370 e. The molecule has 3 aromatic rings. The fourth-order valence-corrected chi connectivity index (χ4v) is 2.83. The zero-order valence-corrected chi connectivity index (χ0v) is 15.4. The van der Waals surface area contributed by atoms with Gasteiger partial charge in [0.15, 0.2) is 5.65 Å². The molecule has 3 rings (SSSR count). The van der Waals surface area contributed by atoms with E-state index in [-0.39, 0.29) is 5.41 Å². The lowest BCUT2D eigenvalue weighted by molar-refractivity contribution is 0.568. The lowest BCUT2D eigenvalue weighted by atomic mass is 9.92. The van der Waals surface area contributed by atoms with Crippen molar-refractivity contribution >= 4 is 23.1 Å². The van der Waals surface area contributed by atoms with E-state index in [2.05, 4.69) is 44.2 Å². The van der Waals surface area contributed by atoms with Crippen molar-refractivity contribution < 1.29 is 0 Å². The first-order chi connectivity index (χ1) is 11.4. The molecule has 0 unspecified atom stereocenters. The summed E-state index contributed by atoms with van der Waals surface area (Å²) in [5, 5.41) is 8.71. The van der Waals surface area contributed by atoms with Crippen LogP contribution in [0, 0.1) is 0 Å². The number of nitrogens with zero attached hydrogens (tertiary/aromatic N) is 3. The highest BCUT2D eigenvalue weighted by Crippen LogP contribution is 2.33. The molecule has 2 heterocycles. The maximum absolute atomic E-state index is 6.39. The van der Waals surface area contributed by atoms with Gasteiger partial charge in [-0.25, -0.2) is 4.98 Å². The number of benzene rings is 1. The molecule has 0 amide bonds. The number of anilines is 1. The third-order valence-electron chi connectivity index (χ3n) is 3.96. The Bertz CT molecular complexity index is 861. The average Bonchev–Trinajstić information content (AvgIpc) is 2.96. The van der Waals surface area contributed by atoms with Gasteiger partial charge < -0.3 is 5.32 Å². The second-order valence-electron chi connectivity index (χ2n) is 6.98. The van der Waals surface area contributed by atoms with Gasteiger partial charge in [-0.2, -0.15) is 9.61 Å². The van der Waals surface area contributed by atoms with Crippen molar-refractivity contribution in [3.63, 3.8) is 0 Å². The van der Waals surface area contributed by atoms with E-state index < -0.39 is 0 Å². The Morgan fingerprint density at radius 1 is 1.17 bits per heavy atom. The van der Waals surface area contributed by atoms with E-state index in [1.807, 2.05) is 35.0 Å². The molecule has 0 aliphatic rings. The number of nitrogens with one attached hydrogen (secondary N) is 1. The Hall–Kier alpha value is -2.07. The Kier molecular flexibility index (Phi) is 4.50. The molecule has 0 saturated carbocycles. The van der Waals surface area contributed by atoms with E-state index in [0.717, 1.165) is 41.3 Å². The molecule has 0 atom stereocenters. The van der Waals surface area contributed by atoms with Crippen LogP contribution in [0.4, 0.5) is 5.82 Å². The number of aromatic nitrogens is 3. The van der Waals surface area contributed by atoms with E-state index in [4.69, 9.17) is 16.6 Å². The summed E-state index contributed by atoms with van der Waals surface area (Å²) in [5.74, 6) is 0.963. The Labute approximate surface area is 147 Å². The van der Waals surface area contributed by atoms with E-state index in [0.29, 0.717) is 5.02 Å². The fourth-order valence-electron chi connectivity index (χ4n) is 2.60. The molecular weight excluding hydrogens is 320 g/mol. The smallest absolute Gasteiger partial charge is 0.165 e. The first-order valence-corrected chi connectivity index (χ1v) is 8.67. The monoisotopic (exact) mass is 342 g/mol. The third-order valence-corrected chi connectivity index (χ3v) is 4.29. The predicted octanol–water partition coefficient (Wildman–Crippen LogP) is 5.17. The van der Waals surface area contributed by atoms with Gasteiger partial charge in [-0.1, -0.05) is 57.5 Å². The molecule has 4 nitrogen and oxygen atoms in total. The van der Waals surface area contributed by atoms with Crippen molar-refractivity contribution in [1.29, 1.82) is 0 Å². The Morgan fingerprint density at radius 2 is 1.92 bits per heavy atom. The zero-order chi connectivity index (χ0) is 17.3. The highest BCUT2D eigenvalue weighted by atomic mass is 35.5. The van der Waals surface area contributed by atoms with Crippen LogP contribution >= 0.6 is 11.6 Å².